The summed E-state index contributed by atoms with van der Waals surface area (Å²) >= 11 is 0. The SMILES string of the molecule is Cc1ccc(Oc2ccc(N3C(=O)[C@@H]4CC[C@@H](C)C[C@H]4C3=O)cc2)cc1. The lowest BCUT2D eigenvalue weighted by Gasteiger charge is -2.25. The van der Waals surface area contributed by atoms with E-state index in [-0.39, 0.29) is 23.7 Å². The van der Waals surface area contributed by atoms with Gasteiger partial charge in [0.25, 0.3) is 0 Å². The fraction of sp³-hybridized carbons (Fsp3) is 0.364. The second-order valence-electron chi connectivity index (χ2n) is 7.55. The van der Waals surface area contributed by atoms with Crippen molar-refractivity contribution >= 4 is 17.5 Å². The Morgan fingerprint density at radius 1 is 0.846 bits per heavy atom. The predicted molar refractivity (Wildman–Crippen MR) is 100 cm³/mol. The first-order valence-electron chi connectivity index (χ1n) is 9.25. The van der Waals surface area contributed by atoms with Crippen molar-refractivity contribution in [1.82, 2.24) is 0 Å². The zero-order chi connectivity index (χ0) is 18.3. The molecule has 1 aliphatic heterocycles. The molecule has 0 radical (unpaired) electrons. The van der Waals surface area contributed by atoms with E-state index in [4.69, 9.17) is 4.74 Å². The molecule has 4 heteroatoms. The van der Waals surface area contributed by atoms with Gasteiger partial charge in [-0.3, -0.25) is 14.5 Å². The van der Waals surface area contributed by atoms with Crippen LogP contribution in [-0.4, -0.2) is 11.8 Å². The number of amides is 2. The summed E-state index contributed by atoms with van der Waals surface area (Å²) in [5, 5.41) is 0. The molecule has 2 aromatic rings. The van der Waals surface area contributed by atoms with E-state index < -0.39 is 0 Å². The fourth-order valence-corrected chi connectivity index (χ4v) is 4.05. The van der Waals surface area contributed by atoms with Gasteiger partial charge in [0.1, 0.15) is 11.5 Å². The van der Waals surface area contributed by atoms with E-state index in [0.717, 1.165) is 25.0 Å². The first-order chi connectivity index (χ1) is 12.5. The summed E-state index contributed by atoms with van der Waals surface area (Å²) in [6.45, 7) is 4.19. The number of imide groups is 1. The molecule has 4 nitrogen and oxygen atoms in total. The third kappa shape index (κ3) is 3.00. The minimum atomic E-state index is -0.144. The monoisotopic (exact) mass is 349 g/mol. The molecule has 2 aromatic carbocycles. The van der Waals surface area contributed by atoms with Crippen LogP contribution in [0.1, 0.15) is 31.7 Å². The first kappa shape index (κ1) is 16.8. The quantitative estimate of drug-likeness (QED) is 0.754. The summed E-state index contributed by atoms with van der Waals surface area (Å²) in [5.41, 5.74) is 1.81. The third-order valence-electron chi connectivity index (χ3n) is 5.54. The normalized spacial score (nSPS) is 25.3. The van der Waals surface area contributed by atoms with Gasteiger partial charge in [0.2, 0.25) is 11.8 Å². The molecule has 2 amide bonds. The third-order valence-corrected chi connectivity index (χ3v) is 5.54. The summed E-state index contributed by atoms with van der Waals surface area (Å²) in [4.78, 5) is 26.9. The maximum absolute atomic E-state index is 12.8. The Hall–Kier alpha value is -2.62. The maximum Gasteiger partial charge on any atom is 0.237 e. The molecule has 0 bridgehead atoms. The topological polar surface area (TPSA) is 46.6 Å². The Morgan fingerprint density at radius 2 is 1.42 bits per heavy atom. The van der Waals surface area contributed by atoms with Crippen LogP contribution in [0.15, 0.2) is 48.5 Å². The van der Waals surface area contributed by atoms with Crippen LogP contribution in [-0.2, 0) is 9.59 Å². The lowest BCUT2D eigenvalue weighted by molar-refractivity contribution is -0.122. The van der Waals surface area contributed by atoms with Gasteiger partial charge in [-0.05, 0) is 68.5 Å². The smallest absolute Gasteiger partial charge is 0.237 e. The van der Waals surface area contributed by atoms with Gasteiger partial charge in [0, 0.05) is 0 Å². The molecule has 0 N–H and O–H groups in total. The molecule has 2 fully saturated rings. The number of benzene rings is 2. The molecule has 2 aliphatic rings. The van der Waals surface area contributed by atoms with Gasteiger partial charge in [-0.1, -0.05) is 24.6 Å². The molecule has 1 saturated heterocycles. The van der Waals surface area contributed by atoms with Crippen LogP contribution in [0.4, 0.5) is 5.69 Å². The lowest BCUT2D eigenvalue weighted by Crippen LogP contribution is -2.30. The second-order valence-corrected chi connectivity index (χ2v) is 7.55. The average molecular weight is 349 g/mol. The minimum Gasteiger partial charge on any atom is -0.457 e. The Labute approximate surface area is 153 Å². The van der Waals surface area contributed by atoms with Crippen LogP contribution < -0.4 is 9.64 Å². The summed E-state index contributed by atoms with van der Waals surface area (Å²) in [7, 11) is 0. The van der Waals surface area contributed by atoms with Crippen molar-refractivity contribution in [2.75, 3.05) is 4.90 Å². The minimum absolute atomic E-state index is 0.0425. The largest absolute Gasteiger partial charge is 0.457 e. The van der Waals surface area contributed by atoms with Crippen LogP contribution in [0.3, 0.4) is 0 Å². The molecular formula is C22H23NO3. The molecule has 26 heavy (non-hydrogen) atoms. The summed E-state index contributed by atoms with van der Waals surface area (Å²) in [6.07, 6.45) is 2.67. The van der Waals surface area contributed by atoms with E-state index >= 15 is 0 Å². The van der Waals surface area contributed by atoms with Crippen LogP contribution in [0.5, 0.6) is 11.5 Å². The molecule has 0 aromatic heterocycles. The van der Waals surface area contributed by atoms with Crippen LogP contribution in [0.25, 0.3) is 0 Å². The van der Waals surface area contributed by atoms with E-state index in [0.29, 0.717) is 17.4 Å². The van der Waals surface area contributed by atoms with Gasteiger partial charge in [-0.15, -0.1) is 0 Å². The Morgan fingerprint density at radius 3 is 2.08 bits per heavy atom. The summed E-state index contributed by atoms with van der Waals surface area (Å²) in [6, 6.07) is 15.0. The molecule has 134 valence electrons. The van der Waals surface area contributed by atoms with Gasteiger partial charge in [-0.25, -0.2) is 0 Å². The number of rotatable bonds is 3. The van der Waals surface area contributed by atoms with Crippen LogP contribution in [0, 0.1) is 24.7 Å². The first-order valence-corrected chi connectivity index (χ1v) is 9.25. The van der Waals surface area contributed by atoms with Crippen molar-refractivity contribution in [2.45, 2.75) is 33.1 Å². The molecule has 1 heterocycles. The average Bonchev–Trinajstić information content (AvgIpc) is 2.88. The fourth-order valence-electron chi connectivity index (χ4n) is 4.05. The van der Waals surface area contributed by atoms with E-state index in [1.54, 1.807) is 24.3 Å². The lowest BCUT2D eigenvalue weighted by atomic mass is 9.76. The molecular weight excluding hydrogens is 326 g/mol. The number of ether oxygens (including phenoxy) is 1. The predicted octanol–water partition coefficient (Wildman–Crippen LogP) is 4.71. The summed E-state index contributed by atoms with van der Waals surface area (Å²) < 4.78 is 5.82. The van der Waals surface area contributed by atoms with Crippen molar-refractivity contribution in [1.29, 1.82) is 0 Å². The van der Waals surface area contributed by atoms with Gasteiger partial charge < -0.3 is 4.74 Å². The molecule has 1 saturated carbocycles. The zero-order valence-corrected chi connectivity index (χ0v) is 15.1. The second kappa shape index (κ2) is 6.60. The molecule has 0 spiro atoms. The van der Waals surface area contributed by atoms with Gasteiger partial charge in [0.15, 0.2) is 0 Å². The number of hydrogen-bond donors (Lipinski definition) is 0. The van der Waals surface area contributed by atoms with Gasteiger partial charge >= 0.3 is 0 Å². The van der Waals surface area contributed by atoms with E-state index in [2.05, 4.69) is 6.92 Å². The van der Waals surface area contributed by atoms with Crippen molar-refractivity contribution < 1.29 is 14.3 Å². The highest BCUT2D eigenvalue weighted by Gasteiger charge is 2.49. The van der Waals surface area contributed by atoms with E-state index in [1.165, 1.54) is 10.5 Å². The Kier molecular flexibility index (Phi) is 4.27. The molecule has 3 atom stereocenters. The number of carbonyl (C=O) groups is 2. The van der Waals surface area contributed by atoms with Crippen molar-refractivity contribution in [2.24, 2.45) is 17.8 Å². The van der Waals surface area contributed by atoms with E-state index in [9.17, 15) is 9.59 Å². The van der Waals surface area contributed by atoms with Crippen LogP contribution >= 0.6 is 0 Å². The highest BCUT2D eigenvalue weighted by Crippen LogP contribution is 2.42. The number of fused-ring (bicyclic) bond motifs is 1. The maximum atomic E-state index is 12.8. The van der Waals surface area contributed by atoms with Crippen LogP contribution in [0.2, 0.25) is 0 Å². The molecule has 0 unspecified atom stereocenters. The number of hydrogen-bond acceptors (Lipinski definition) is 3. The van der Waals surface area contributed by atoms with Crippen molar-refractivity contribution in [3.63, 3.8) is 0 Å². The Balaban J connectivity index is 1.52. The number of anilines is 1. The number of nitrogens with zero attached hydrogens (tertiary/aromatic N) is 1. The zero-order valence-electron chi connectivity index (χ0n) is 15.1. The highest BCUT2D eigenvalue weighted by atomic mass is 16.5. The number of aryl methyl sites for hydroxylation is 1. The van der Waals surface area contributed by atoms with Crippen molar-refractivity contribution in [3.05, 3.63) is 54.1 Å². The Bertz CT molecular complexity index is 825. The summed E-state index contributed by atoms with van der Waals surface area (Å²) in [5.74, 6) is 1.59. The van der Waals surface area contributed by atoms with Crippen molar-refractivity contribution in [3.8, 4) is 11.5 Å². The number of carbonyl (C=O) groups excluding carboxylic acids is 2. The standard InChI is InChI=1S/C22H23NO3/c1-14-3-8-17(9-4-14)26-18-10-6-16(7-11-18)23-21(24)19-12-5-15(2)13-20(19)22(23)25/h3-4,6-11,15,19-20H,5,12-13H2,1-2H3/t15-,19-,20-/m1/s1. The van der Waals surface area contributed by atoms with E-state index in [1.807, 2.05) is 31.2 Å². The van der Waals surface area contributed by atoms with Gasteiger partial charge in [-0.2, -0.15) is 0 Å². The van der Waals surface area contributed by atoms with Gasteiger partial charge in [0.05, 0.1) is 17.5 Å². The molecule has 1 aliphatic carbocycles. The molecule has 4 rings (SSSR count). The highest BCUT2D eigenvalue weighted by molar-refractivity contribution is 6.22.